The van der Waals surface area contributed by atoms with Gasteiger partial charge in [0.1, 0.15) is 5.82 Å². The molecule has 1 heterocycles. The van der Waals surface area contributed by atoms with E-state index in [1.807, 2.05) is 6.92 Å². The lowest BCUT2D eigenvalue weighted by molar-refractivity contribution is 0.630. The molecule has 1 aromatic carbocycles. The molecule has 0 unspecified atom stereocenters. The number of hydrogen-bond donors (Lipinski definition) is 0. The van der Waals surface area contributed by atoms with Crippen LogP contribution < -0.4 is 0 Å². The molecular weight excluding hydrogens is 215 g/mol. The highest BCUT2D eigenvalue weighted by atomic mass is 19.1. The van der Waals surface area contributed by atoms with Crippen LogP contribution in [-0.2, 0) is 0 Å². The summed E-state index contributed by atoms with van der Waals surface area (Å²) in [5.74, 6) is 0.336. The molecule has 3 rings (SSSR count). The quantitative estimate of drug-likeness (QED) is 0.786. The molecule has 0 radical (unpaired) electrons. The van der Waals surface area contributed by atoms with Crippen molar-refractivity contribution in [2.75, 3.05) is 0 Å². The highest BCUT2D eigenvalue weighted by Crippen LogP contribution is 2.38. The SMILES string of the molecule is Cc1ccc(F)c(-c2cnc(C3CC3)cn2)c1. The van der Waals surface area contributed by atoms with E-state index in [4.69, 9.17) is 0 Å². The molecule has 0 saturated heterocycles. The minimum Gasteiger partial charge on any atom is -0.257 e. The smallest absolute Gasteiger partial charge is 0.132 e. The minimum absolute atomic E-state index is 0.246. The van der Waals surface area contributed by atoms with Gasteiger partial charge in [-0.25, -0.2) is 4.39 Å². The van der Waals surface area contributed by atoms with Gasteiger partial charge in [-0.2, -0.15) is 0 Å². The number of rotatable bonds is 2. The van der Waals surface area contributed by atoms with Crippen LogP contribution in [0.2, 0.25) is 0 Å². The third-order valence-electron chi connectivity index (χ3n) is 3.07. The maximum absolute atomic E-state index is 13.7. The third-order valence-corrected chi connectivity index (χ3v) is 3.07. The van der Waals surface area contributed by atoms with Crippen molar-refractivity contribution >= 4 is 0 Å². The average Bonchev–Trinajstić information content (AvgIpc) is 3.17. The van der Waals surface area contributed by atoms with Crippen molar-refractivity contribution < 1.29 is 4.39 Å². The molecule has 2 aromatic rings. The Labute approximate surface area is 99.5 Å². The van der Waals surface area contributed by atoms with E-state index < -0.39 is 0 Å². The van der Waals surface area contributed by atoms with Crippen LogP contribution in [0.4, 0.5) is 4.39 Å². The summed E-state index contributed by atoms with van der Waals surface area (Å²) in [6.07, 6.45) is 5.85. The number of halogens is 1. The lowest BCUT2D eigenvalue weighted by Gasteiger charge is -2.04. The summed E-state index contributed by atoms with van der Waals surface area (Å²) in [6, 6.07) is 5.03. The van der Waals surface area contributed by atoms with Crippen LogP contribution in [-0.4, -0.2) is 9.97 Å². The minimum atomic E-state index is -0.246. The second-order valence-corrected chi connectivity index (χ2v) is 4.58. The second-order valence-electron chi connectivity index (χ2n) is 4.58. The Kier molecular flexibility index (Phi) is 2.39. The zero-order valence-electron chi connectivity index (χ0n) is 9.65. The Hall–Kier alpha value is -1.77. The van der Waals surface area contributed by atoms with E-state index in [9.17, 15) is 4.39 Å². The van der Waals surface area contributed by atoms with Gasteiger partial charge in [0.15, 0.2) is 0 Å². The standard InChI is InChI=1S/C14H13FN2/c1-9-2-5-12(15)11(6-9)14-8-16-13(7-17-14)10-3-4-10/h2,5-8,10H,3-4H2,1H3. The zero-order chi connectivity index (χ0) is 11.8. The van der Waals surface area contributed by atoms with Gasteiger partial charge >= 0.3 is 0 Å². The maximum Gasteiger partial charge on any atom is 0.132 e. The first-order valence-corrected chi connectivity index (χ1v) is 5.82. The van der Waals surface area contributed by atoms with Crippen molar-refractivity contribution in [1.29, 1.82) is 0 Å². The van der Waals surface area contributed by atoms with Gasteiger partial charge in [0.05, 0.1) is 17.6 Å². The van der Waals surface area contributed by atoms with Crippen molar-refractivity contribution in [3.63, 3.8) is 0 Å². The number of nitrogens with zero attached hydrogens (tertiary/aromatic N) is 2. The first-order chi connectivity index (χ1) is 8.24. The normalized spacial score (nSPS) is 14.9. The Morgan fingerprint density at radius 3 is 2.65 bits per heavy atom. The maximum atomic E-state index is 13.7. The van der Waals surface area contributed by atoms with Crippen LogP contribution in [0.15, 0.2) is 30.6 Å². The molecule has 17 heavy (non-hydrogen) atoms. The van der Waals surface area contributed by atoms with Crippen LogP contribution in [0.5, 0.6) is 0 Å². The number of aromatic nitrogens is 2. The van der Waals surface area contributed by atoms with Gasteiger partial charge in [-0.1, -0.05) is 11.6 Å². The van der Waals surface area contributed by atoms with Crippen molar-refractivity contribution in [2.45, 2.75) is 25.7 Å². The van der Waals surface area contributed by atoms with E-state index in [1.165, 1.54) is 18.9 Å². The molecular formula is C14H13FN2. The predicted molar refractivity (Wildman–Crippen MR) is 64.1 cm³/mol. The van der Waals surface area contributed by atoms with Crippen LogP contribution in [0.25, 0.3) is 11.3 Å². The van der Waals surface area contributed by atoms with Crippen molar-refractivity contribution in [3.8, 4) is 11.3 Å². The summed E-state index contributed by atoms with van der Waals surface area (Å²) < 4.78 is 13.7. The highest BCUT2D eigenvalue weighted by Gasteiger charge is 2.25. The molecule has 0 aliphatic heterocycles. The fourth-order valence-electron chi connectivity index (χ4n) is 1.90. The Morgan fingerprint density at radius 1 is 1.18 bits per heavy atom. The van der Waals surface area contributed by atoms with E-state index in [0.29, 0.717) is 17.2 Å². The lowest BCUT2D eigenvalue weighted by atomic mass is 10.1. The molecule has 86 valence electrons. The van der Waals surface area contributed by atoms with Crippen LogP contribution in [0.1, 0.15) is 30.0 Å². The van der Waals surface area contributed by atoms with Gasteiger partial charge in [-0.3, -0.25) is 9.97 Å². The molecule has 1 aliphatic carbocycles. The molecule has 0 spiro atoms. The van der Waals surface area contributed by atoms with Gasteiger partial charge in [0, 0.05) is 17.7 Å². The Bertz CT molecular complexity index is 545. The number of aryl methyl sites for hydroxylation is 1. The number of benzene rings is 1. The molecule has 0 amide bonds. The summed E-state index contributed by atoms with van der Waals surface area (Å²) in [6.45, 7) is 1.94. The summed E-state index contributed by atoms with van der Waals surface area (Å²) in [5, 5.41) is 0. The van der Waals surface area contributed by atoms with Gasteiger partial charge in [0.2, 0.25) is 0 Å². The summed E-state index contributed by atoms with van der Waals surface area (Å²) in [4.78, 5) is 8.67. The molecule has 2 nitrogen and oxygen atoms in total. The molecule has 0 bridgehead atoms. The lowest BCUT2D eigenvalue weighted by Crippen LogP contribution is -1.93. The van der Waals surface area contributed by atoms with E-state index >= 15 is 0 Å². The average molecular weight is 228 g/mol. The van der Waals surface area contributed by atoms with Gasteiger partial charge < -0.3 is 0 Å². The molecule has 3 heteroatoms. The van der Waals surface area contributed by atoms with Gasteiger partial charge in [-0.05, 0) is 31.9 Å². The fraction of sp³-hybridized carbons (Fsp3) is 0.286. The fourth-order valence-corrected chi connectivity index (χ4v) is 1.90. The monoisotopic (exact) mass is 228 g/mol. The Morgan fingerprint density at radius 2 is 2.00 bits per heavy atom. The predicted octanol–water partition coefficient (Wildman–Crippen LogP) is 3.47. The second kappa shape index (κ2) is 3.91. The van der Waals surface area contributed by atoms with E-state index in [2.05, 4.69) is 9.97 Å². The zero-order valence-corrected chi connectivity index (χ0v) is 9.65. The van der Waals surface area contributed by atoms with Crippen molar-refractivity contribution in [1.82, 2.24) is 9.97 Å². The first kappa shape index (κ1) is 10.4. The van der Waals surface area contributed by atoms with Crippen molar-refractivity contribution in [2.24, 2.45) is 0 Å². The molecule has 1 saturated carbocycles. The van der Waals surface area contributed by atoms with E-state index in [0.717, 1.165) is 11.3 Å². The molecule has 0 atom stereocenters. The molecule has 1 aliphatic rings. The first-order valence-electron chi connectivity index (χ1n) is 5.82. The van der Waals surface area contributed by atoms with E-state index in [1.54, 1.807) is 24.5 Å². The highest BCUT2D eigenvalue weighted by molar-refractivity contribution is 5.59. The van der Waals surface area contributed by atoms with Crippen LogP contribution in [0, 0.1) is 12.7 Å². The molecule has 1 aromatic heterocycles. The van der Waals surface area contributed by atoms with Gasteiger partial charge in [-0.15, -0.1) is 0 Å². The summed E-state index contributed by atoms with van der Waals surface area (Å²) in [5.41, 5.74) is 3.19. The van der Waals surface area contributed by atoms with Crippen LogP contribution >= 0.6 is 0 Å². The van der Waals surface area contributed by atoms with Crippen LogP contribution in [0.3, 0.4) is 0 Å². The van der Waals surface area contributed by atoms with E-state index in [-0.39, 0.29) is 5.82 Å². The number of hydrogen-bond acceptors (Lipinski definition) is 2. The molecule has 1 fully saturated rings. The van der Waals surface area contributed by atoms with Gasteiger partial charge in [0.25, 0.3) is 0 Å². The summed E-state index contributed by atoms with van der Waals surface area (Å²) in [7, 11) is 0. The largest absolute Gasteiger partial charge is 0.257 e. The Balaban J connectivity index is 1.99. The molecule has 0 N–H and O–H groups in total. The third kappa shape index (κ3) is 2.05. The topological polar surface area (TPSA) is 25.8 Å². The summed E-state index contributed by atoms with van der Waals surface area (Å²) >= 11 is 0. The van der Waals surface area contributed by atoms with Crippen molar-refractivity contribution in [3.05, 3.63) is 47.7 Å².